The van der Waals surface area contributed by atoms with Crippen LogP contribution in [0.25, 0.3) is 16.6 Å². The van der Waals surface area contributed by atoms with Gasteiger partial charge in [0.15, 0.2) is 0 Å². The summed E-state index contributed by atoms with van der Waals surface area (Å²) in [5, 5.41) is 4.44. The molecule has 0 radical (unpaired) electrons. The zero-order chi connectivity index (χ0) is 28.0. The monoisotopic (exact) mass is 617 g/mol. The lowest BCUT2D eigenvalue weighted by Crippen LogP contribution is -2.41. The van der Waals surface area contributed by atoms with Gasteiger partial charge >= 0.3 is 5.69 Å². The molecule has 0 bridgehead atoms. The minimum atomic E-state index is -0.386. The molecule has 2 amide bonds. The SMILES string of the molecule is Cn1ccc2ccc(-n3c(C(=O)NCc4ccccc4)c4n(c3=O)CCN(C(=O)c3ccc(Br)c(Cl)c3)C4)cc21. The number of hydrogen-bond donors (Lipinski definition) is 1. The summed E-state index contributed by atoms with van der Waals surface area (Å²) in [6, 6.07) is 22.3. The number of nitrogens with zero attached hydrogens (tertiary/aromatic N) is 4. The highest BCUT2D eigenvalue weighted by Gasteiger charge is 2.32. The second-order valence-corrected chi connectivity index (χ2v) is 11.0. The Labute approximate surface area is 243 Å². The van der Waals surface area contributed by atoms with E-state index >= 15 is 0 Å². The summed E-state index contributed by atoms with van der Waals surface area (Å²) in [5.74, 6) is -0.607. The molecule has 1 N–H and O–H groups in total. The fraction of sp³-hybridized carbons (Fsp3) is 0.167. The summed E-state index contributed by atoms with van der Waals surface area (Å²) < 4.78 is 5.74. The second-order valence-electron chi connectivity index (χ2n) is 9.76. The van der Waals surface area contributed by atoms with Gasteiger partial charge < -0.3 is 14.8 Å². The van der Waals surface area contributed by atoms with E-state index < -0.39 is 0 Å². The highest BCUT2D eigenvalue weighted by atomic mass is 79.9. The molecule has 2 aromatic heterocycles. The molecule has 0 atom stereocenters. The fourth-order valence-corrected chi connectivity index (χ4v) is 5.60. The van der Waals surface area contributed by atoms with Gasteiger partial charge in [0.25, 0.3) is 11.8 Å². The minimum Gasteiger partial charge on any atom is -0.350 e. The molecule has 8 nitrogen and oxygen atoms in total. The third kappa shape index (κ3) is 4.65. The van der Waals surface area contributed by atoms with Crippen LogP contribution in [0.5, 0.6) is 0 Å². The van der Waals surface area contributed by atoms with Gasteiger partial charge in [-0.3, -0.25) is 18.7 Å². The summed E-state index contributed by atoms with van der Waals surface area (Å²) in [4.78, 5) is 42.7. The van der Waals surface area contributed by atoms with Crippen LogP contribution in [0.4, 0.5) is 0 Å². The van der Waals surface area contributed by atoms with Crippen molar-refractivity contribution < 1.29 is 9.59 Å². The number of benzene rings is 3. The van der Waals surface area contributed by atoms with Crippen LogP contribution in [0, 0.1) is 0 Å². The third-order valence-corrected chi connectivity index (χ3v) is 8.51. The fourth-order valence-electron chi connectivity index (χ4n) is 5.17. The third-order valence-electron chi connectivity index (χ3n) is 7.27. The van der Waals surface area contributed by atoms with Crippen molar-refractivity contribution in [2.45, 2.75) is 19.6 Å². The Morgan fingerprint density at radius 2 is 1.80 bits per heavy atom. The lowest BCUT2D eigenvalue weighted by atomic mass is 10.1. The molecule has 0 spiro atoms. The quantitative estimate of drug-likeness (QED) is 0.297. The number of aryl methyl sites for hydroxylation is 1. The average Bonchev–Trinajstić information content (AvgIpc) is 3.49. The summed E-state index contributed by atoms with van der Waals surface area (Å²) in [7, 11) is 1.94. The summed E-state index contributed by atoms with van der Waals surface area (Å²) in [5.41, 5.74) is 3.30. The predicted molar refractivity (Wildman–Crippen MR) is 158 cm³/mol. The number of fused-ring (bicyclic) bond motifs is 2. The second kappa shape index (κ2) is 10.5. The van der Waals surface area contributed by atoms with E-state index in [1.165, 1.54) is 4.57 Å². The van der Waals surface area contributed by atoms with Gasteiger partial charge in [0.05, 0.1) is 22.9 Å². The van der Waals surface area contributed by atoms with Crippen LogP contribution < -0.4 is 11.0 Å². The van der Waals surface area contributed by atoms with E-state index in [1.54, 1.807) is 27.7 Å². The van der Waals surface area contributed by atoms with E-state index in [2.05, 4.69) is 21.2 Å². The van der Waals surface area contributed by atoms with Gasteiger partial charge in [-0.25, -0.2) is 4.79 Å². The van der Waals surface area contributed by atoms with Crippen LogP contribution in [0.1, 0.15) is 32.1 Å². The number of aromatic nitrogens is 3. The zero-order valence-electron chi connectivity index (χ0n) is 21.6. The largest absolute Gasteiger partial charge is 0.350 e. The van der Waals surface area contributed by atoms with Gasteiger partial charge in [-0.1, -0.05) is 48.0 Å². The van der Waals surface area contributed by atoms with Crippen LogP contribution in [0.2, 0.25) is 5.02 Å². The first kappa shape index (κ1) is 26.2. The molecule has 0 saturated carbocycles. The predicted octanol–water partition coefficient (Wildman–Crippen LogP) is 5.13. The lowest BCUT2D eigenvalue weighted by Gasteiger charge is -2.28. The van der Waals surface area contributed by atoms with Crippen LogP contribution in [-0.4, -0.2) is 37.0 Å². The maximum absolute atomic E-state index is 13.8. The van der Waals surface area contributed by atoms with Crippen molar-refractivity contribution in [1.82, 2.24) is 23.9 Å². The Bertz CT molecular complexity index is 1840. The van der Waals surface area contributed by atoms with Gasteiger partial charge in [0.1, 0.15) is 5.69 Å². The number of imidazole rings is 1. The Hall–Kier alpha value is -4.08. The van der Waals surface area contributed by atoms with Crippen molar-refractivity contribution in [2.24, 2.45) is 7.05 Å². The Balaban J connectivity index is 1.43. The Morgan fingerprint density at radius 3 is 2.58 bits per heavy atom. The van der Waals surface area contributed by atoms with E-state index in [0.29, 0.717) is 39.5 Å². The molecular weight excluding hydrogens is 594 g/mol. The summed E-state index contributed by atoms with van der Waals surface area (Å²) in [6.45, 7) is 0.999. The van der Waals surface area contributed by atoms with Gasteiger partial charge in [-0.05, 0) is 63.3 Å². The molecule has 202 valence electrons. The first-order valence-corrected chi connectivity index (χ1v) is 14.0. The number of carbonyl (C=O) groups excluding carboxylic acids is 2. The van der Waals surface area contributed by atoms with Gasteiger partial charge in [-0.15, -0.1) is 0 Å². The minimum absolute atomic E-state index is 0.106. The molecule has 5 aromatic rings. The smallest absolute Gasteiger partial charge is 0.333 e. The van der Waals surface area contributed by atoms with E-state index in [1.807, 2.05) is 72.4 Å². The van der Waals surface area contributed by atoms with Crippen molar-refractivity contribution in [3.8, 4) is 5.69 Å². The number of nitrogens with one attached hydrogen (secondary N) is 1. The molecule has 3 aromatic carbocycles. The first-order valence-electron chi connectivity index (χ1n) is 12.8. The molecule has 0 unspecified atom stereocenters. The van der Waals surface area contributed by atoms with E-state index in [4.69, 9.17) is 11.6 Å². The topological polar surface area (TPSA) is 81.3 Å². The van der Waals surface area contributed by atoms with Gasteiger partial charge in [0, 0.05) is 48.4 Å². The van der Waals surface area contributed by atoms with Crippen molar-refractivity contribution in [3.05, 3.63) is 121 Å². The van der Waals surface area contributed by atoms with E-state index in [-0.39, 0.29) is 36.3 Å². The molecular formula is C30H25BrClN5O3. The van der Waals surface area contributed by atoms with Crippen LogP contribution in [0.3, 0.4) is 0 Å². The normalized spacial score (nSPS) is 12.9. The average molecular weight is 619 g/mol. The maximum atomic E-state index is 13.8. The molecule has 10 heteroatoms. The molecule has 6 rings (SSSR count). The highest BCUT2D eigenvalue weighted by molar-refractivity contribution is 9.10. The van der Waals surface area contributed by atoms with Crippen molar-refractivity contribution >= 4 is 50.2 Å². The molecule has 40 heavy (non-hydrogen) atoms. The number of amides is 2. The standard InChI is InChI=1S/C30H25BrClN5O3/c1-34-12-11-20-7-9-22(16-25(20)34)37-27(28(38)33-17-19-5-3-2-4-6-19)26-18-35(13-14-36(26)30(37)40)29(39)21-8-10-23(31)24(32)15-21/h2-12,15-16H,13-14,17-18H2,1H3,(H,33,38). The van der Waals surface area contributed by atoms with Crippen LogP contribution in [0.15, 0.2) is 88.3 Å². The summed E-state index contributed by atoms with van der Waals surface area (Å²) >= 11 is 9.60. The number of rotatable bonds is 5. The molecule has 3 heterocycles. The van der Waals surface area contributed by atoms with Gasteiger partial charge in [0.2, 0.25) is 0 Å². The zero-order valence-corrected chi connectivity index (χ0v) is 23.9. The van der Waals surface area contributed by atoms with E-state index in [9.17, 15) is 14.4 Å². The molecule has 0 aliphatic carbocycles. The van der Waals surface area contributed by atoms with Crippen molar-refractivity contribution in [1.29, 1.82) is 0 Å². The van der Waals surface area contributed by atoms with E-state index in [0.717, 1.165) is 16.5 Å². The number of halogens is 2. The number of hydrogen-bond acceptors (Lipinski definition) is 3. The lowest BCUT2D eigenvalue weighted by molar-refractivity contribution is 0.0706. The van der Waals surface area contributed by atoms with Crippen LogP contribution >= 0.6 is 27.5 Å². The molecule has 1 aliphatic rings. The molecule has 0 fully saturated rings. The Morgan fingerprint density at radius 1 is 1.00 bits per heavy atom. The van der Waals surface area contributed by atoms with Gasteiger partial charge in [-0.2, -0.15) is 0 Å². The number of carbonyl (C=O) groups is 2. The molecule has 0 saturated heterocycles. The Kier molecular flexibility index (Phi) is 6.85. The van der Waals surface area contributed by atoms with Crippen molar-refractivity contribution in [3.63, 3.8) is 0 Å². The first-order chi connectivity index (χ1) is 19.3. The van der Waals surface area contributed by atoms with Crippen LogP contribution in [-0.2, 0) is 26.7 Å². The molecule has 1 aliphatic heterocycles. The maximum Gasteiger partial charge on any atom is 0.333 e. The highest BCUT2D eigenvalue weighted by Crippen LogP contribution is 2.27. The summed E-state index contributed by atoms with van der Waals surface area (Å²) in [6.07, 6.45) is 1.95. The van der Waals surface area contributed by atoms with Crippen molar-refractivity contribution in [2.75, 3.05) is 6.54 Å².